The number of benzene rings is 1. The van der Waals surface area contributed by atoms with Crippen molar-refractivity contribution in [2.75, 3.05) is 11.4 Å². The molecule has 1 aromatic carbocycles. The predicted molar refractivity (Wildman–Crippen MR) is 75.4 cm³/mol. The van der Waals surface area contributed by atoms with Crippen LogP contribution >= 0.6 is 0 Å². The summed E-state index contributed by atoms with van der Waals surface area (Å²) in [7, 11) is 0. The number of nitrogens with zero attached hydrogens (tertiary/aromatic N) is 2. The molecule has 0 atom stereocenters. The fourth-order valence-electron chi connectivity index (χ4n) is 2.58. The van der Waals surface area contributed by atoms with Crippen LogP contribution in [0.5, 0.6) is 0 Å². The van der Waals surface area contributed by atoms with Crippen molar-refractivity contribution in [3.8, 4) is 0 Å². The summed E-state index contributed by atoms with van der Waals surface area (Å²) in [4.78, 5) is 17.5. The Morgan fingerprint density at radius 2 is 1.91 bits per heavy atom. The zero-order chi connectivity index (χ0) is 15.7. The van der Waals surface area contributed by atoms with Gasteiger partial charge in [-0.2, -0.15) is 13.2 Å². The molecule has 22 heavy (non-hydrogen) atoms. The van der Waals surface area contributed by atoms with E-state index in [9.17, 15) is 18.0 Å². The molecule has 2 aromatic rings. The Labute approximate surface area is 125 Å². The maximum atomic E-state index is 12.6. The number of pyridine rings is 1. The van der Waals surface area contributed by atoms with Gasteiger partial charge in [-0.15, -0.1) is 0 Å². The minimum atomic E-state index is -4.50. The van der Waals surface area contributed by atoms with Crippen LogP contribution < -0.4 is 4.90 Å². The highest BCUT2D eigenvalue weighted by atomic mass is 19.4. The van der Waals surface area contributed by atoms with Crippen LogP contribution in [0.15, 0.2) is 42.5 Å². The van der Waals surface area contributed by atoms with Crippen molar-refractivity contribution in [2.45, 2.75) is 19.0 Å². The molecule has 0 unspecified atom stereocenters. The molecule has 2 heterocycles. The summed E-state index contributed by atoms with van der Waals surface area (Å²) in [6.45, 7) is 0.553. The highest BCUT2D eigenvalue weighted by Crippen LogP contribution is 2.29. The van der Waals surface area contributed by atoms with E-state index >= 15 is 0 Å². The number of fused-ring (bicyclic) bond motifs is 1. The molecule has 1 aliphatic rings. The number of carbonyl (C=O) groups excluding carboxylic acids is 1. The third-order valence-corrected chi connectivity index (χ3v) is 3.62. The lowest BCUT2D eigenvalue weighted by Gasteiger charge is -2.17. The highest BCUT2D eigenvalue weighted by Gasteiger charge is 2.32. The fraction of sp³-hybridized carbons (Fsp3) is 0.250. The topological polar surface area (TPSA) is 33.2 Å². The van der Waals surface area contributed by atoms with Gasteiger partial charge in [-0.3, -0.25) is 4.79 Å². The monoisotopic (exact) mass is 306 g/mol. The lowest BCUT2D eigenvalue weighted by Crippen LogP contribution is -2.30. The number of hydrogen-bond acceptors (Lipinski definition) is 2. The first-order valence-corrected chi connectivity index (χ1v) is 6.86. The van der Waals surface area contributed by atoms with Gasteiger partial charge in [0.25, 0.3) is 0 Å². The van der Waals surface area contributed by atoms with E-state index in [0.29, 0.717) is 6.54 Å². The predicted octanol–water partition coefficient (Wildman–Crippen LogP) is 3.23. The summed E-state index contributed by atoms with van der Waals surface area (Å²) in [5.41, 5.74) is 1.07. The molecule has 0 saturated heterocycles. The van der Waals surface area contributed by atoms with Crippen LogP contribution in [-0.2, 0) is 23.8 Å². The van der Waals surface area contributed by atoms with Gasteiger partial charge in [0, 0.05) is 12.2 Å². The van der Waals surface area contributed by atoms with Crippen LogP contribution in [-0.4, -0.2) is 17.4 Å². The van der Waals surface area contributed by atoms with Crippen molar-refractivity contribution >= 4 is 11.6 Å². The second-order valence-corrected chi connectivity index (χ2v) is 5.11. The molecule has 0 radical (unpaired) electrons. The first-order chi connectivity index (χ1) is 10.4. The van der Waals surface area contributed by atoms with Crippen molar-refractivity contribution in [3.63, 3.8) is 0 Å². The molecule has 0 N–H and O–H groups in total. The third-order valence-electron chi connectivity index (χ3n) is 3.62. The van der Waals surface area contributed by atoms with Crippen LogP contribution in [0.3, 0.4) is 0 Å². The van der Waals surface area contributed by atoms with Gasteiger partial charge in [0.15, 0.2) is 0 Å². The molecule has 3 nitrogen and oxygen atoms in total. The molecule has 0 saturated carbocycles. The zero-order valence-corrected chi connectivity index (χ0v) is 11.6. The Balaban J connectivity index is 1.79. The van der Waals surface area contributed by atoms with E-state index in [2.05, 4.69) is 4.98 Å². The van der Waals surface area contributed by atoms with Gasteiger partial charge in [0.2, 0.25) is 5.91 Å². The Morgan fingerprint density at radius 3 is 2.68 bits per heavy atom. The molecular weight excluding hydrogens is 293 g/mol. The van der Waals surface area contributed by atoms with E-state index in [4.69, 9.17) is 0 Å². The van der Waals surface area contributed by atoms with Gasteiger partial charge in [-0.25, -0.2) is 4.98 Å². The summed E-state index contributed by atoms with van der Waals surface area (Å²) in [5, 5.41) is 0. The van der Waals surface area contributed by atoms with E-state index < -0.39 is 11.9 Å². The largest absolute Gasteiger partial charge is 0.433 e. The second-order valence-electron chi connectivity index (χ2n) is 5.11. The number of anilines is 1. The highest BCUT2D eigenvalue weighted by molar-refractivity contribution is 5.96. The summed E-state index contributed by atoms with van der Waals surface area (Å²) in [6, 6.07) is 11.2. The summed E-state index contributed by atoms with van der Waals surface area (Å²) >= 11 is 0. The number of halogens is 3. The normalized spacial score (nSPS) is 14.0. The standard InChI is InChI=1S/C16H13F3N2O/c17-16(18,19)14-7-3-5-12(20-14)10-15(22)21-9-8-11-4-1-2-6-13(11)21/h1-7H,8-10H2. The number of para-hydroxylation sites is 1. The van der Waals surface area contributed by atoms with Crippen LogP contribution in [0, 0.1) is 0 Å². The average molecular weight is 306 g/mol. The quantitative estimate of drug-likeness (QED) is 0.853. The summed E-state index contributed by atoms with van der Waals surface area (Å²) in [5.74, 6) is -0.239. The first-order valence-electron chi connectivity index (χ1n) is 6.86. The summed E-state index contributed by atoms with van der Waals surface area (Å²) < 4.78 is 37.9. The fourth-order valence-corrected chi connectivity index (χ4v) is 2.58. The average Bonchev–Trinajstić information content (AvgIpc) is 2.90. The van der Waals surface area contributed by atoms with Crippen molar-refractivity contribution in [3.05, 3.63) is 59.4 Å². The van der Waals surface area contributed by atoms with Crippen molar-refractivity contribution < 1.29 is 18.0 Å². The third kappa shape index (κ3) is 2.81. The molecule has 6 heteroatoms. The number of rotatable bonds is 2. The van der Waals surface area contributed by atoms with E-state index in [1.165, 1.54) is 12.1 Å². The molecule has 0 aliphatic carbocycles. The first kappa shape index (κ1) is 14.6. The zero-order valence-electron chi connectivity index (χ0n) is 11.6. The van der Waals surface area contributed by atoms with Crippen molar-refractivity contribution in [2.24, 2.45) is 0 Å². The molecule has 3 rings (SSSR count). The van der Waals surface area contributed by atoms with Gasteiger partial charge in [0.05, 0.1) is 12.1 Å². The van der Waals surface area contributed by atoms with E-state index in [-0.39, 0.29) is 18.0 Å². The summed E-state index contributed by atoms with van der Waals surface area (Å²) in [6.07, 6.45) is -3.88. The molecule has 0 fully saturated rings. The molecule has 1 aromatic heterocycles. The number of hydrogen-bond donors (Lipinski definition) is 0. The smallest absolute Gasteiger partial charge is 0.311 e. The Kier molecular flexibility index (Phi) is 3.60. The Morgan fingerprint density at radius 1 is 1.14 bits per heavy atom. The number of alkyl halides is 3. The Hall–Kier alpha value is -2.37. The Bertz CT molecular complexity index is 713. The molecule has 1 amide bonds. The molecule has 0 bridgehead atoms. The van der Waals surface area contributed by atoms with E-state index in [1.807, 2.05) is 24.3 Å². The molecule has 114 valence electrons. The van der Waals surface area contributed by atoms with Crippen LogP contribution in [0.25, 0.3) is 0 Å². The van der Waals surface area contributed by atoms with E-state index in [0.717, 1.165) is 23.7 Å². The van der Waals surface area contributed by atoms with Crippen LogP contribution in [0.2, 0.25) is 0 Å². The maximum Gasteiger partial charge on any atom is 0.433 e. The minimum absolute atomic E-state index is 0.129. The number of aromatic nitrogens is 1. The van der Waals surface area contributed by atoms with Gasteiger partial charge in [-0.1, -0.05) is 24.3 Å². The van der Waals surface area contributed by atoms with Crippen LogP contribution in [0.1, 0.15) is 17.0 Å². The minimum Gasteiger partial charge on any atom is -0.311 e. The number of carbonyl (C=O) groups is 1. The molecular formula is C16H13F3N2O. The molecule has 0 spiro atoms. The SMILES string of the molecule is O=C(Cc1cccc(C(F)(F)F)n1)N1CCc2ccccc21. The van der Waals surface area contributed by atoms with Gasteiger partial charge < -0.3 is 4.90 Å². The van der Waals surface area contributed by atoms with Crippen molar-refractivity contribution in [1.82, 2.24) is 4.98 Å². The second kappa shape index (κ2) is 5.44. The number of amides is 1. The van der Waals surface area contributed by atoms with Gasteiger partial charge in [-0.05, 0) is 30.2 Å². The lowest BCUT2D eigenvalue weighted by atomic mass is 10.2. The molecule has 1 aliphatic heterocycles. The van der Waals surface area contributed by atoms with Crippen LogP contribution in [0.4, 0.5) is 18.9 Å². The van der Waals surface area contributed by atoms with Gasteiger partial charge >= 0.3 is 6.18 Å². The van der Waals surface area contributed by atoms with E-state index in [1.54, 1.807) is 4.90 Å². The lowest BCUT2D eigenvalue weighted by molar-refractivity contribution is -0.141. The maximum absolute atomic E-state index is 12.6. The van der Waals surface area contributed by atoms with Crippen molar-refractivity contribution in [1.29, 1.82) is 0 Å². The van der Waals surface area contributed by atoms with Gasteiger partial charge in [0.1, 0.15) is 5.69 Å².